The van der Waals surface area contributed by atoms with Crippen molar-refractivity contribution in [3.8, 4) is 0 Å². The molecule has 3 aromatic rings. The summed E-state index contributed by atoms with van der Waals surface area (Å²) < 4.78 is 6.30. The molecule has 2 aromatic carbocycles. The van der Waals surface area contributed by atoms with Gasteiger partial charge in [-0.1, -0.05) is 24.3 Å². The molecule has 1 aliphatic carbocycles. The Morgan fingerprint density at radius 1 is 1.00 bits per heavy atom. The Kier molecular flexibility index (Phi) is 4.19. The summed E-state index contributed by atoms with van der Waals surface area (Å²) >= 11 is 0. The number of rotatable bonds is 2. The molecule has 2 aliphatic rings. The van der Waals surface area contributed by atoms with Crippen molar-refractivity contribution in [1.82, 2.24) is 15.3 Å². The topological polar surface area (TPSA) is 85.4 Å². The molecule has 2 atom stereocenters. The standard InChI is InChI=1S/C23H23N5O/c1-13-11-14(2)26-22(25-13)21-18-12-16(24)8-10-20(18)28-23(29-21)27-19-9-7-15-5-3-4-6-17(15)19/h3-6,8,10-12,19,21H,7,9,24H2,1-2H3,(H,27,28)/t19?,21-/m1/s1. The summed E-state index contributed by atoms with van der Waals surface area (Å²) in [6, 6.07) is 16.8. The smallest absolute Gasteiger partial charge is 0.291 e. The lowest BCUT2D eigenvalue weighted by Crippen LogP contribution is -2.33. The summed E-state index contributed by atoms with van der Waals surface area (Å²) in [7, 11) is 0. The fourth-order valence-corrected chi connectivity index (χ4v) is 4.18. The number of nitrogens with two attached hydrogens (primary N) is 1. The van der Waals surface area contributed by atoms with Crippen molar-refractivity contribution in [1.29, 1.82) is 0 Å². The van der Waals surface area contributed by atoms with E-state index in [1.165, 1.54) is 11.1 Å². The zero-order valence-corrected chi connectivity index (χ0v) is 16.5. The first-order valence-electron chi connectivity index (χ1n) is 9.88. The predicted molar refractivity (Wildman–Crippen MR) is 113 cm³/mol. The van der Waals surface area contributed by atoms with Crippen LogP contribution in [-0.4, -0.2) is 16.0 Å². The highest BCUT2D eigenvalue weighted by molar-refractivity contribution is 5.81. The van der Waals surface area contributed by atoms with Crippen LogP contribution in [0.25, 0.3) is 0 Å². The monoisotopic (exact) mass is 385 g/mol. The molecule has 1 aromatic heterocycles. The number of aryl methyl sites for hydroxylation is 3. The maximum absolute atomic E-state index is 6.30. The molecule has 0 amide bonds. The summed E-state index contributed by atoms with van der Waals surface area (Å²) in [6.07, 6.45) is 1.61. The van der Waals surface area contributed by atoms with Crippen LogP contribution in [0.5, 0.6) is 0 Å². The molecule has 0 radical (unpaired) electrons. The van der Waals surface area contributed by atoms with Crippen LogP contribution in [0.2, 0.25) is 0 Å². The normalized spacial score (nSPS) is 19.7. The number of fused-ring (bicyclic) bond motifs is 2. The van der Waals surface area contributed by atoms with Gasteiger partial charge in [-0.25, -0.2) is 9.97 Å². The Morgan fingerprint density at radius 2 is 1.79 bits per heavy atom. The molecule has 146 valence electrons. The van der Waals surface area contributed by atoms with Crippen LogP contribution in [0.4, 0.5) is 11.4 Å². The number of hydrogen-bond donors (Lipinski definition) is 2. The molecule has 0 saturated carbocycles. The van der Waals surface area contributed by atoms with Gasteiger partial charge < -0.3 is 15.8 Å². The van der Waals surface area contributed by atoms with Crippen molar-refractivity contribution in [2.45, 2.75) is 38.8 Å². The largest absolute Gasteiger partial charge is 0.448 e. The van der Waals surface area contributed by atoms with Crippen molar-refractivity contribution < 1.29 is 4.74 Å². The van der Waals surface area contributed by atoms with E-state index < -0.39 is 6.10 Å². The molecule has 0 spiro atoms. The van der Waals surface area contributed by atoms with Crippen molar-refractivity contribution in [2.75, 3.05) is 5.73 Å². The number of anilines is 1. The van der Waals surface area contributed by atoms with Crippen LogP contribution in [0.15, 0.2) is 53.5 Å². The first-order valence-corrected chi connectivity index (χ1v) is 9.88. The Balaban J connectivity index is 1.52. The Bertz CT molecular complexity index is 1100. The molecular weight excluding hydrogens is 362 g/mol. The van der Waals surface area contributed by atoms with Gasteiger partial charge >= 0.3 is 0 Å². The van der Waals surface area contributed by atoms with E-state index in [9.17, 15) is 0 Å². The Labute approximate surface area is 169 Å². The molecule has 29 heavy (non-hydrogen) atoms. The second-order valence-corrected chi connectivity index (χ2v) is 7.68. The molecular formula is C23H23N5O. The molecule has 1 aliphatic heterocycles. The quantitative estimate of drug-likeness (QED) is 0.650. The number of hydrogen-bond acceptors (Lipinski definition) is 6. The number of nitrogens with one attached hydrogen (secondary N) is 1. The minimum absolute atomic E-state index is 0.182. The molecule has 0 bridgehead atoms. The summed E-state index contributed by atoms with van der Waals surface area (Å²) in [5, 5.41) is 3.50. The molecule has 6 nitrogen and oxygen atoms in total. The summed E-state index contributed by atoms with van der Waals surface area (Å²) in [5.41, 5.74) is 12.9. The molecule has 5 rings (SSSR count). The van der Waals surface area contributed by atoms with Gasteiger partial charge in [0.15, 0.2) is 11.9 Å². The highest BCUT2D eigenvalue weighted by atomic mass is 16.5. The van der Waals surface area contributed by atoms with Gasteiger partial charge in [0, 0.05) is 22.6 Å². The van der Waals surface area contributed by atoms with Gasteiger partial charge in [-0.05, 0) is 62.1 Å². The molecule has 0 fully saturated rings. The number of amidine groups is 1. The first-order chi connectivity index (χ1) is 14.1. The zero-order chi connectivity index (χ0) is 20.0. The van der Waals surface area contributed by atoms with Crippen molar-refractivity contribution >= 4 is 17.4 Å². The highest BCUT2D eigenvalue weighted by Gasteiger charge is 2.31. The van der Waals surface area contributed by atoms with E-state index in [-0.39, 0.29) is 6.04 Å². The van der Waals surface area contributed by atoms with Crippen LogP contribution >= 0.6 is 0 Å². The number of ether oxygens (including phenoxy) is 1. The average Bonchev–Trinajstić information content (AvgIpc) is 3.10. The van der Waals surface area contributed by atoms with Crippen LogP contribution in [-0.2, 0) is 11.2 Å². The maximum atomic E-state index is 6.30. The zero-order valence-electron chi connectivity index (χ0n) is 16.5. The lowest BCUT2D eigenvalue weighted by atomic mass is 10.0. The van der Waals surface area contributed by atoms with Gasteiger partial charge in [-0.2, -0.15) is 4.99 Å². The molecule has 0 saturated heterocycles. The molecule has 1 unspecified atom stereocenters. The number of benzene rings is 2. The van der Waals surface area contributed by atoms with E-state index in [0.717, 1.165) is 35.5 Å². The van der Waals surface area contributed by atoms with Crippen LogP contribution < -0.4 is 11.1 Å². The lowest BCUT2D eigenvalue weighted by molar-refractivity contribution is 0.202. The van der Waals surface area contributed by atoms with Crippen molar-refractivity contribution in [3.63, 3.8) is 0 Å². The van der Waals surface area contributed by atoms with E-state index >= 15 is 0 Å². The number of nitrogen functional groups attached to an aromatic ring is 1. The highest BCUT2D eigenvalue weighted by Crippen LogP contribution is 2.38. The molecule has 3 N–H and O–H groups in total. The third-order valence-electron chi connectivity index (χ3n) is 5.45. The van der Waals surface area contributed by atoms with E-state index in [2.05, 4.69) is 39.6 Å². The summed E-state index contributed by atoms with van der Waals surface area (Å²) in [5.74, 6) is 0.621. The second-order valence-electron chi connectivity index (χ2n) is 7.68. The van der Waals surface area contributed by atoms with Gasteiger partial charge in [0.05, 0.1) is 11.7 Å². The van der Waals surface area contributed by atoms with Crippen LogP contribution in [0.3, 0.4) is 0 Å². The Hall–Kier alpha value is -3.41. The van der Waals surface area contributed by atoms with Gasteiger partial charge in [0.1, 0.15) is 0 Å². The van der Waals surface area contributed by atoms with Gasteiger partial charge in [-0.3, -0.25) is 0 Å². The van der Waals surface area contributed by atoms with Gasteiger partial charge in [0.25, 0.3) is 6.02 Å². The fourth-order valence-electron chi connectivity index (χ4n) is 4.18. The number of nitrogens with zero attached hydrogens (tertiary/aromatic N) is 3. The second kappa shape index (κ2) is 6.88. The van der Waals surface area contributed by atoms with Gasteiger partial charge in [-0.15, -0.1) is 0 Å². The summed E-state index contributed by atoms with van der Waals surface area (Å²) in [6.45, 7) is 3.92. The Morgan fingerprint density at radius 3 is 2.62 bits per heavy atom. The van der Waals surface area contributed by atoms with Crippen LogP contribution in [0.1, 0.15) is 52.5 Å². The number of aromatic nitrogens is 2. The molecule has 6 heteroatoms. The molecule has 2 heterocycles. The van der Waals surface area contributed by atoms with Crippen molar-refractivity contribution in [2.24, 2.45) is 4.99 Å². The predicted octanol–water partition coefficient (Wildman–Crippen LogP) is 4.06. The third-order valence-corrected chi connectivity index (χ3v) is 5.45. The van der Waals surface area contributed by atoms with Crippen molar-refractivity contribution in [3.05, 3.63) is 82.4 Å². The fraction of sp³-hybridized carbons (Fsp3) is 0.261. The SMILES string of the molecule is Cc1cc(C)nc([C@@H]2OC(NC3CCc4ccccc43)=Nc3ccc(N)cc32)n1. The van der Waals surface area contributed by atoms with E-state index in [0.29, 0.717) is 17.5 Å². The number of aliphatic imine (C=N–C) groups is 1. The summed E-state index contributed by atoms with van der Waals surface area (Å²) in [4.78, 5) is 14.0. The third kappa shape index (κ3) is 3.31. The maximum Gasteiger partial charge on any atom is 0.291 e. The lowest BCUT2D eigenvalue weighted by Gasteiger charge is -2.27. The van der Waals surface area contributed by atoms with Gasteiger partial charge in [0.2, 0.25) is 0 Å². The van der Waals surface area contributed by atoms with E-state index in [4.69, 9.17) is 15.5 Å². The minimum atomic E-state index is -0.455. The van der Waals surface area contributed by atoms with E-state index in [1.807, 2.05) is 38.1 Å². The van der Waals surface area contributed by atoms with E-state index in [1.54, 1.807) is 0 Å². The first kappa shape index (κ1) is 17.7. The minimum Gasteiger partial charge on any atom is -0.448 e. The van der Waals surface area contributed by atoms with Crippen LogP contribution in [0, 0.1) is 13.8 Å². The average molecular weight is 385 g/mol.